The van der Waals surface area contributed by atoms with E-state index in [2.05, 4.69) is 25.9 Å². The summed E-state index contributed by atoms with van der Waals surface area (Å²) < 4.78 is 5.17. The highest BCUT2D eigenvalue weighted by Gasteiger charge is 2.22. The summed E-state index contributed by atoms with van der Waals surface area (Å²) in [6, 6.07) is 2.00. The number of hydrogen-bond donors (Lipinski definition) is 0. The van der Waals surface area contributed by atoms with Crippen LogP contribution < -0.4 is 0 Å². The average molecular weight is 153 g/mol. The maximum Gasteiger partial charge on any atom is 0.142 e. The zero-order valence-corrected chi connectivity index (χ0v) is 7.64. The van der Waals surface area contributed by atoms with Gasteiger partial charge in [-0.15, -0.1) is 0 Å². The molecule has 1 aromatic heterocycles. The molecule has 0 N–H and O–H groups in total. The largest absolute Gasteiger partial charge is 0.361 e. The number of rotatable bonds is 2. The standard InChI is InChI=1S/C9H15NO/c1-5-9(3,4)8-6-7(2)10-11-8/h6H,5H2,1-4H3. The lowest BCUT2D eigenvalue weighted by Gasteiger charge is -2.17. The molecule has 1 heterocycles. The molecule has 0 spiro atoms. The van der Waals surface area contributed by atoms with E-state index in [4.69, 9.17) is 4.52 Å². The van der Waals surface area contributed by atoms with Crippen LogP contribution in [0.15, 0.2) is 10.6 Å². The van der Waals surface area contributed by atoms with Crippen molar-refractivity contribution in [1.29, 1.82) is 0 Å². The Morgan fingerprint density at radius 2 is 2.18 bits per heavy atom. The monoisotopic (exact) mass is 153 g/mol. The molecular formula is C9H15NO. The van der Waals surface area contributed by atoms with Crippen LogP contribution in [0.25, 0.3) is 0 Å². The fraction of sp³-hybridized carbons (Fsp3) is 0.667. The highest BCUT2D eigenvalue weighted by atomic mass is 16.5. The van der Waals surface area contributed by atoms with Crippen molar-refractivity contribution in [3.63, 3.8) is 0 Å². The summed E-state index contributed by atoms with van der Waals surface area (Å²) in [5.74, 6) is 0.984. The summed E-state index contributed by atoms with van der Waals surface area (Å²) in [6.45, 7) is 8.41. The van der Waals surface area contributed by atoms with Gasteiger partial charge in [0, 0.05) is 11.5 Å². The van der Waals surface area contributed by atoms with E-state index in [1.165, 1.54) is 0 Å². The third-order valence-corrected chi connectivity index (χ3v) is 2.18. The van der Waals surface area contributed by atoms with E-state index in [1.54, 1.807) is 0 Å². The molecule has 0 fully saturated rings. The fourth-order valence-electron chi connectivity index (χ4n) is 0.857. The molecule has 11 heavy (non-hydrogen) atoms. The van der Waals surface area contributed by atoms with Crippen LogP contribution in [-0.4, -0.2) is 5.16 Å². The predicted molar refractivity (Wildman–Crippen MR) is 44.6 cm³/mol. The third-order valence-electron chi connectivity index (χ3n) is 2.18. The molecule has 2 nitrogen and oxygen atoms in total. The smallest absolute Gasteiger partial charge is 0.142 e. The minimum Gasteiger partial charge on any atom is -0.361 e. The van der Waals surface area contributed by atoms with Crippen LogP contribution in [0.5, 0.6) is 0 Å². The lowest BCUT2D eigenvalue weighted by molar-refractivity contribution is 0.309. The lowest BCUT2D eigenvalue weighted by atomic mass is 9.87. The zero-order valence-electron chi connectivity index (χ0n) is 7.64. The molecule has 0 aliphatic heterocycles. The Morgan fingerprint density at radius 3 is 2.55 bits per heavy atom. The molecule has 0 radical (unpaired) electrons. The van der Waals surface area contributed by atoms with E-state index in [0.29, 0.717) is 0 Å². The van der Waals surface area contributed by atoms with Gasteiger partial charge in [0.05, 0.1) is 5.69 Å². The van der Waals surface area contributed by atoms with Gasteiger partial charge in [-0.25, -0.2) is 0 Å². The van der Waals surface area contributed by atoms with E-state index in [1.807, 2.05) is 13.0 Å². The zero-order chi connectivity index (χ0) is 8.48. The topological polar surface area (TPSA) is 26.0 Å². The number of aryl methyl sites for hydroxylation is 1. The molecule has 62 valence electrons. The van der Waals surface area contributed by atoms with Crippen LogP contribution in [0.3, 0.4) is 0 Å². The molecule has 1 rings (SSSR count). The molecule has 0 atom stereocenters. The minimum absolute atomic E-state index is 0.126. The van der Waals surface area contributed by atoms with Crippen LogP contribution in [-0.2, 0) is 5.41 Å². The second-order valence-corrected chi connectivity index (χ2v) is 3.57. The summed E-state index contributed by atoms with van der Waals surface area (Å²) in [5.41, 5.74) is 1.09. The Bertz CT molecular complexity index is 237. The number of aromatic nitrogens is 1. The van der Waals surface area contributed by atoms with Gasteiger partial charge < -0.3 is 4.52 Å². The van der Waals surface area contributed by atoms with Crippen molar-refractivity contribution >= 4 is 0 Å². The number of hydrogen-bond acceptors (Lipinski definition) is 2. The second-order valence-electron chi connectivity index (χ2n) is 3.57. The molecule has 2 heteroatoms. The Balaban J connectivity index is 2.92. The van der Waals surface area contributed by atoms with Gasteiger partial charge in [0.2, 0.25) is 0 Å². The lowest BCUT2D eigenvalue weighted by Crippen LogP contribution is -2.13. The van der Waals surface area contributed by atoms with Crippen LogP contribution in [0.4, 0.5) is 0 Å². The molecule has 0 aliphatic rings. The molecule has 1 aromatic rings. The van der Waals surface area contributed by atoms with Gasteiger partial charge >= 0.3 is 0 Å². The van der Waals surface area contributed by atoms with Gasteiger partial charge in [-0.05, 0) is 13.3 Å². The summed E-state index contributed by atoms with van der Waals surface area (Å²) in [4.78, 5) is 0. The molecule has 0 bridgehead atoms. The van der Waals surface area contributed by atoms with E-state index in [0.717, 1.165) is 17.9 Å². The normalized spacial score (nSPS) is 12.0. The average Bonchev–Trinajstić information content (AvgIpc) is 2.36. The van der Waals surface area contributed by atoms with E-state index < -0.39 is 0 Å². The SMILES string of the molecule is CCC(C)(C)c1cc(C)no1. The van der Waals surface area contributed by atoms with E-state index in [-0.39, 0.29) is 5.41 Å². The molecule has 0 aliphatic carbocycles. The Kier molecular flexibility index (Phi) is 2.03. The first-order valence-electron chi connectivity index (χ1n) is 4.00. The fourth-order valence-corrected chi connectivity index (χ4v) is 0.857. The van der Waals surface area contributed by atoms with Crippen molar-refractivity contribution in [2.24, 2.45) is 0 Å². The predicted octanol–water partition coefficient (Wildman–Crippen LogP) is 2.67. The maximum atomic E-state index is 5.17. The summed E-state index contributed by atoms with van der Waals surface area (Å²) in [5, 5.41) is 3.86. The Morgan fingerprint density at radius 1 is 1.55 bits per heavy atom. The van der Waals surface area contributed by atoms with Crippen LogP contribution in [0, 0.1) is 6.92 Å². The van der Waals surface area contributed by atoms with Crippen LogP contribution in [0.1, 0.15) is 38.6 Å². The van der Waals surface area contributed by atoms with Crippen molar-refractivity contribution in [2.45, 2.75) is 39.5 Å². The molecule has 0 aromatic carbocycles. The van der Waals surface area contributed by atoms with Crippen LogP contribution in [0.2, 0.25) is 0 Å². The first-order chi connectivity index (χ1) is 5.06. The molecule has 0 saturated heterocycles. The second kappa shape index (κ2) is 2.68. The quantitative estimate of drug-likeness (QED) is 0.652. The van der Waals surface area contributed by atoms with Crippen molar-refractivity contribution in [3.8, 4) is 0 Å². The Hall–Kier alpha value is -0.790. The van der Waals surface area contributed by atoms with Gasteiger partial charge in [0.1, 0.15) is 5.76 Å². The van der Waals surface area contributed by atoms with Gasteiger partial charge in [-0.2, -0.15) is 0 Å². The summed E-state index contributed by atoms with van der Waals surface area (Å²) in [6.07, 6.45) is 1.07. The third kappa shape index (κ3) is 1.62. The molecule has 0 amide bonds. The minimum atomic E-state index is 0.126. The van der Waals surface area contributed by atoms with Gasteiger partial charge in [0.15, 0.2) is 0 Å². The van der Waals surface area contributed by atoms with Gasteiger partial charge in [0.25, 0.3) is 0 Å². The molecule has 0 saturated carbocycles. The summed E-state index contributed by atoms with van der Waals surface area (Å²) in [7, 11) is 0. The van der Waals surface area contributed by atoms with Crippen molar-refractivity contribution < 1.29 is 4.52 Å². The van der Waals surface area contributed by atoms with Crippen molar-refractivity contribution in [3.05, 3.63) is 17.5 Å². The van der Waals surface area contributed by atoms with Gasteiger partial charge in [-0.1, -0.05) is 25.9 Å². The summed E-state index contributed by atoms with van der Waals surface area (Å²) >= 11 is 0. The Labute approximate surface area is 67.6 Å². The van der Waals surface area contributed by atoms with Gasteiger partial charge in [-0.3, -0.25) is 0 Å². The first-order valence-corrected chi connectivity index (χ1v) is 4.00. The highest BCUT2D eigenvalue weighted by Crippen LogP contribution is 2.26. The first kappa shape index (κ1) is 8.31. The van der Waals surface area contributed by atoms with E-state index in [9.17, 15) is 0 Å². The van der Waals surface area contributed by atoms with Crippen LogP contribution >= 0.6 is 0 Å². The molecule has 0 unspecified atom stereocenters. The number of nitrogens with zero attached hydrogens (tertiary/aromatic N) is 1. The maximum absolute atomic E-state index is 5.17. The van der Waals surface area contributed by atoms with E-state index >= 15 is 0 Å². The van der Waals surface area contributed by atoms with Crippen molar-refractivity contribution in [1.82, 2.24) is 5.16 Å². The molecular weight excluding hydrogens is 138 g/mol. The highest BCUT2D eigenvalue weighted by molar-refractivity contribution is 5.12. The van der Waals surface area contributed by atoms with Crippen molar-refractivity contribution in [2.75, 3.05) is 0 Å².